The minimum absolute atomic E-state index is 0. The van der Waals surface area contributed by atoms with E-state index >= 15 is 0 Å². The van der Waals surface area contributed by atoms with Crippen LogP contribution in [0, 0.1) is 5.82 Å². The maximum absolute atomic E-state index is 13.1. The number of para-hydroxylation sites is 1. The normalized spacial score (nSPS) is 11.8. The fraction of sp³-hybridized carbons (Fsp3) is 0.170. The van der Waals surface area contributed by atoms with Crippen LogP contribution in [0.5, 0.6) is 5.75 Å². The number of nitrogens with zero attached hydrogens (tertiary/aromatic N) is 1. The first-order valence-electron chi connectivity index (χ1n) is 24.1. The molecular weight excluding hydrogens is 1190 g/mol. The highest BCUT2D eigenvalue weighted by Crippen LogP contribution is 2.26. The Bertz CT molecular complexity index is 3870. The van der Waals surface area contributed by atoms with Crippen LogP contribution in [0.1, 0.15) is 27.5 Å². The number of sulfonamides is 3. The van der Waals surface area contributed by atoms with Crippen LogP contribution in [-0.4, -0.2) is 99.9 Å². The number of urea groups is 1. The largest absolute Gasteiger partial charge is 0.484 e. The first-order chi connectivity index (χ1) is 39.4. The highest BCUT2D eigenvalue weighted by molar-refractivity contribution is 7.90. The molecule has 0 unspecified atom stereocenters. The summed E-state index contributed by atoms with van der Waals surface area (Å²) in [4.78, 5) is 69.1. The topological polar surface area (TPSA) is 331 Å². The van der Waals surface area contributed by atoms with Gasteiger partial charge in [-0.1, -0.05) is 59.6 Å². The van der Waals surface area contributed by atoms with Crippen LogP contribution >= 0.6 is 23.2 Å². The lowest BCUT2D eigenvalue weighted by atomic mass is 10.1. The van der Waals surface area contributed by atoms with Gasteiger partial charge in [-0.05, 0) is 121 Å². The van der Waals surface area contributed by atoms with Crippen molar-refractivity contribution in [3.05, 3.63) is 173 Å². The molecular formula is C53H65Cl2FN8O16S3. The monoisotopic (exact) mass is 1250 g/mol. The summed E-state index contributed by atoms with van der Waals surface area (Å²) in [5.41, 5.74) is 4.50. The SMILES string of the molecule is COC(=O)NS(=O)(=O)c1ccc(NC(=O)CCn2ccc3cccc(Cl)c32)cc1.COC(=O)NS(=O)(=O)c1ccc(NC(=O)COc2ccc(F)c(Cl)c2)cc1.COC(=O)NS(=O)(=O)c1ccc(NC(=O)NC2Cc3ccccc3C2)cc1.[HH].[HH].[HH].[HH].[HH].[HH].[HH]. The highest BCUT2D eigenvalue weighted by Gasteiger charge is 2.24. The molecule has 1 heterocycles. The Balaban J connectivity index is 0. The van der Waals surface area contributed by atoms with Crippen molar-refractivity contribution in [1.82, 2.24) is 24.1 Å². The Kier molecular flexibility index (Phi) is 21.8. The molecule has 83 heavy (non-hydrogen) atoms. The molecule has 6 aromatic carbocycles. The number of aryl methyl sites for hydroxylation is 1. The van der Waals surface area contributed by atoms with Crippen LogP contribution in [-0.2, 0) is 73.3 Å². The average molecular weight is 1260 g/mol. The summed E-state index contributed by atoms with van der Waals surface area (Å²) in [5.74, 6) is -1.15. The molecule has 24 nitrogen and oxygen atoms in total. The van der Waals surface area contributed by atoms with E-state index in [0.29, 0.717) is 28.6 Å². The third-order valence-electron chi connectivity index (χ3n) is 11.5. The molecule has 7 N–H and O–H groups in total. The molecule has 0 spiro atoms. The second kappa shape index (κ2) is 28.6. The number of fused-ring (bicyclic) bond motifs is 2. The minimum Gasteiger partial charge on any atom is -0.484 e. The Hall–Kier alpha value is -8.96. The first-order valence-corrected chi connectivity index (χ1v) is 29.3. The molecule has 0 fully saturated rings. The molecule has 1 aliphatic carbocycles. The molecule has 30 heteroatoms. The highest BCUT2D eigenvalue weighted by atomic mass is 35.5. The van der Waals surface area contributed by atoms with Crippen molar-refractivity contribution in [2.45, 2.75) is 46.5 Å². The van der Waals surface area contributed by atoms with E-state index in [-0.39, 0.29) is 66.5 Å². The van der Waals surface area contributed by atoms with Crippen LogP contribution < -0.4 is 40.2 Å². The van der Waals surface area contributed by atoms with Crippen LogP contribution in [0.4, 0.5) is 40.6 Å². The van der Waals surface area contributed by atoms with Gasteiger partial charge in [0.15, 0.2) is 6.61 Å². The van der Waals surface area contributed by atoms with E-state index in [9.17, 15) is 58.4 Å². The zero-order valence-electron chi connectivity index (χ0n) is 43.8. The Labute approximate surface area is 495 Å². The number of anilines is 3. The number of carbonyl (C=O) groups excluding carboxylic acids is 6. The van der Waals surface area contributed by atoms with Gasteiger partial charge in [0.05, 0.1) is 51.6 Å². The molecule has 0 saturated carbocycles. The number of amides is 7. The number of methoxy groups -OCH3 is 3. The number of benzene rings is 6. The molecule has 7 amide bonds. The average Bonchev–Trinajstić information content (AvgIpc) is 3.35. The molecule has 0 saturated heterocycles. The predicted molar refractivity (Wildman–Crippen MR) is 318 cm³/mol. The third-order valence-corrected chi connectivity index (χ3v) is 16.1. The van der Waals surface area contributed by atoms with Gasteiger partial charge in [-0.15, -0.1) is 0 Å². The summed E-state index contributed by atoms with van der Waals surface area (Å²) in [6.07, 6.45) is 0.357. The van der Waals surface area contributed by atoms with Crippen molar-refractivity contribution in [2.24, 2.45) is 0 Å². The maximum atomic E-state index is 13.1. The zero-order valence-corrected chi connectivity index (χ0v) is 47.8. The number of carbonyl (C=O) groups is 6. The van der Waals surface area contributed by atoms with E-state index in [1.165, 1.54) is 96.1 Å². The van der Waals surface area contributed by atoms with Gasteiger partial charge in [0, 0.05) is 63.7 Å². The van der Waals surface area contributed by atoms with Gasteiger partial charge in [0.25, 0.3) is 36.0 Å². The van der Waals surface area contributed by atoms with Gasteiger partial charge in [0.1, 0.15) is 11.6 Å². The summed E-state index contributed by atoms with van der Waals surface area (Å²) in [6.45, 7) is 0.0699. The van der Waals surface area contributed by atoms with Gasteiger partial charge in [-0.2, -0.15) is 0 Å². The molecule has 8 rings (SSSR count). The van der Waals surface area contributed by atoms with Crippen molar-refractivity contribution < 1.29 is 87.3 Å². The van der Waals surface area contributed by atoms with E-state index in [1.807, 2.05) is 41.1 Å². The third kappa shape index (κ3) is 18.5. The molecule has 0 radical (unpaired) electrons. The summed E-state index contributed by atoms with van der Waals surface area (Å²) < 4.78 is 110. The summed E-state index contributed by atoms with van der Waals surface area (Å²) in [7, 11) is -8.96. The van der Waals surface area contributed by atoms with Crippen LogP contribution in [0.3, 0.4) is 0 Å². The van der Waals surface area contributed by atoms with Crippen LogP contribution in [0.2, 0.25) is 10.0 Å². The van der Waals surface area contributed by atoms with Gasteiger partial charge in [-0.3, -0.25) is 9.59 Å². The van der Waals surface area contributed by atoms with Crippen LogP contribution in [0.15, 0.2) is 160 Å². The number of halogens is 3. The lowest BCUT2D eigenvalue weighted by Gasteiger charge is -2.13. The van der Waals surface area contributed by atoms with Gasteiger partial charge in [-0.25, -0.2) is 63.0 Å². The number of aromatic nitrogens is 1. The lowest BCUT2D eigenvalue weighted by Crippen LogP contribution is -2.38. The maximum Gasteiger partial charge on any atom is 0.420 e. The number of hydrogen-bond acceptors (Lipinski definition) is 16. The molecule has 1 aromatic heterocycles. The predicted octanol–water partition coefficient (Wildman–Crippen LogP) is 9.65. The molecule has 1 aliphatic rings. The fourth-order valence-electron chi connectivity index (χ4n) is 7.56. The molecule has 452 valence electrons. The Morgan fingerprint density at radius 2 is 1.02 bits per heavy atom. The van der Waals surface area contributed by atoms with Crippen molar-refractivity contribution in [2.75, 3.05) is 43.9 Å². The zero-order chi connectivity index (χ0) is 60.5. The van der Waals surface area contributed by atoms with Crippen LogP contribution in [0.25, 0.3) is 10.9 Å². The lowest BCUT2D eigenvalue weighted by molar-refractivity contribution is -0.118. The first kappa shape index (κ1) is 63.2. The number of ether oxygens (including phenoxy) is 4. The molecule has 0 atom stereocenters. The second-order valence-electron chi connectivity index (χ2n) is 17.2. The number of nitrogens with one attached hydrogen (secondary N) is 7. The van der Waals surface area contributed by atoms with E-state index in [0.717, 1.165) is 51.1 Å². The standard InChI is InChI=1S/C19H18ClN3O5S.C18H19N3O5S.C16H14ClFN2O6S.7H2/c1-28-19(25)22-29(26,27)15-7-5-14(6-8-15)21-17(24)10-12-23-11-9-13-3-2-4-16(20)18(13)23;1-26-18(23)21-27(24,25)16-8-6-14(7-9-16)19-17(22)20-15-10-12-4-2-3-5-13(12)11-15;1-25-16(22)20-27(23,24)12-5-2-10(3-6-12)19-15(21)9-26-11-4-7-14(18)13(17)8-11;;;;;;;/h2-9,11H,10,12H2,1H3,(H,21,24)(H,22,25);2-9,15H,10-11H2,1H3,(H,21,23)(H2,19,20,22);2-8H,9H2,1H3,(H,19,21)(H,20,22);7*1H. The Morgan fingerprint density at radius 1 is 0.566 bits per heavy atom. The van der Waals surface area contributed by atoms with Gasteiger partial charge >= 0.3 is 24.3 Å². The van der Waals surface area contributed by atoms with Crippen molar-refractivity contribution in [1.29, 1.82) is 0 Å². The van der Waals surface area contributed by atoms with Gasteiger partial charge < -0.3 is 44.8 Å². The Morgan fingerprint density at radius 3 is 1.48 bits per heavy atom. The van der Waals surface area contributed by atoms with E-state index in [2.05, 4.69) is 47.6 Å². The fourth-order valence-corrected chi connectivity index (χ4v) is 10.8. The quantitative estimate of drug-likeness (QED) is 0.0443. The van der Waals surface area contributed by atoms with E-state index < -0.39 is 60.1 Å². The second-order valence-corrected chi connectivity index (χ2v) is 23.1. The smallest absolute Gasteiger partial charge is 0.420 e. The van der Waals surface area contributed by atoms with Crippen molar-refractivity contribution >= 4 is 117 Å². The van der Waals surface area contributed by atoms with E-state index in [4.69, 9.17) is 27.9 Å². The molecule has 0 aliphatic heterocycles. The van der Waals surface area contributed by atoms with Gasteiger partial charge in [0.2, 0.25) is 5.91 Å². The van der Waals surface area contributed by atoms with E-state index in [1.54, 1.807) is 20.2 Å². The number of rotatable bonds is 16. The molecule has 7 aromatic rings. The summed E-state index contributed by atoms with van der Waals surface area (Å²) in [5, 5.41) is 12.3. The van der Waals surface area contributed by atoms with Crippen molar-refractivity contribution in [3.63, 3.8) is 0 Å². The summed E-state index contributed by atoms with van der Waals surface area (Å²) >= 11 is 11.8. The summed E-state index contributed by atoms with van der Waals surface area (Å²) in [6, 6.07) is 34.9. The molecule has 0 bridgehead atoms. The van der Waals surface area contributed by atoms with Crippen molar-refractivity contribution in [3.8, 4) is 5.75 Å². The minimum atomic E-state index is -4.08. The number of hydrogen-bond donors (Lipinski definition) is 7.